The number of amides is 1. The van der Waals surface area contributed by atoms with Gasteiger partial charge in [0.25, 0.3) is 5.91 Å². The summed E-state index contributed by atoms with van der Waals surface area (Å²) in [7, 11) is 0. The fourth-order valence-electron chi connectivity index (χ4n) is 2.86. The molecule has 0 saturated heterocycles. The van der Waals surface area contributed by atoms with Crippen molar-refractivity contribution >= 4 is 33.1 Å². The number of fused-ring (bicyclic) bond motifs is 1. The van der Waals surface area contributed by atoms with E-state index in [2.05, 4.69) is 23.3 Å². The van der Waals surface area contributed by atoms with E-state index in [1.165, 1.54) is 10.3 Å². The number of aromatic nitrogens is 1. The molecule has 4 rings (SSSR count). The summed E-state index contributed by atoms with van der Waals surface area (Å²) in [4.78, 5) is 16.8. The van der Waals surface area contributed by atoms with Crippen LogP contribution in [-0.4, -0.2) is 17.5 Å². The van der Waals surface area contributed by atoms with Crippen LogP contribution in [0.25, 0.3) is 20.8 Å². The molecule has 0 unspecified atom stereocenters. The Balaban J connectivity index is 1.36. The second kappa shape index (κ2) is 8.23. The molecule has 0 atom stereocenters. The minimum absolute atomic E-state index is 0.0227. The lowest BCUT2D eigenvalue weighted by atomic mass is 10.2. The predicted molar refractivity (Wildman–Crippen MR) is 115 cm³/mol. The molecule has 0 aliphatic carbocycles. The Morgan fingerprint density at radius 1 is 1.00 bits per heavy atom. The molecule has 140 valence electrons. The zero-order valence-corrected chi connectivity index (χ0v) is 16.3. The summed E-state index contributed by atoms with van der Waals surface area (Å²) in [6.45, 7) is 2.08. The molecule has 0 spiro atoms. The highest BCUT2D eigenvalue weighted by atomic mass is 32.1. The zero-order chi connectivity index (χ0) is 19.3. The zero-order valence-electron chi connectivity index (χ0n) is 15.5. The number of hydrogen-bond acceptors (Lipinski definition) is 4. The molecule has 4 nitrogen and oxygen atoms in total. The van der Waals surface area contributed by atoms with Crippen LogP contribution < -0.4 is 10.1 Å². The SMILES string of the molecule is CCc1ccc(OCC(=O)Nc2ccc(-c3nc4ccccc4s3)cc2)cc1. The van der Waals surface area contributed by atoms with Gasteiger partial charge in [-0.1, -0.05) is 31.2 Å². The molecule has 0 saturated carbocycles. The van der Waals surface area contributed by atoms with Gasteiger partial charge in [0.2, 0.25) is 0 Å². The van der Waals surface area contributed by atoms with Crippen molar-refractivity contribution < 1.29 is 9.53 Å². The monoisotopic (exact) mass is 388 g/mol. The molecule has 4 aromatic rings. The molecule has 1 N–H and O–H groups in total. The number of nitrogens with zero attached hydrogens (tertiary/aromatic N) is 1. The number of para-hydroxylation sites is 1. The fourth-order valence-corrected chi connectivity index (χ4v) is 3.83. The molecule has 1 aromatic heterocycles. The number of benzene rings is 3. The first-order valence-corrected chi connectivity index (χ1v) is 10.0. The van der Waals surface area contributed by atoms with Crippen molar-refractivity contribution in [1.29, 1.82) is 0 Å². The summed E-state index contributed by atoms with van der Waals surface area (Å²) in [5, 5.41) is 3.83. The molecule has 0 radical (unpaired) electrons. The van der Waals surface area contributed by atoms with E-state index in [0.717, 1.165) is 28.2 Å². The molecule has 0 fully saturated rings. The molecule has 1 amide bonds. The molecule has 0 bridgehead atoms. The summed E-state index contributed by atoms with van der Waals surface area (Å²) >= 11 is 1.66. The highest BCUT2D eigenvalue weighted by molar-refractivity contribution is 7.21. The van der Waals surface area contributed by atoms with Gasteiger partial charge in [-0.2, -0.15) is 0 Å². The van der Waals surface area contributed by atoms with Crippen molar-refractivity contribution in [3.63, 3.8) is 0 Å². The molecule has 28 heavy (non-hydrogen) atoms. The van der Waals surface area contributed by atoms with Gasteiger partial charge < -0.3 is 10.1 Å². The molecule has 0 aliphatic rings. The van der Waals surface area contributed by atoms with E-state index in [0.29, 0.717) is 5.75 Å². The normalized spacial score (nSPS) is 10.8. The first kappa shape index (κ1) is 18.2. The third kappa shape index (κ3) is 4.21. The van der Waals surface area contributed by atoms with Crippen LogP contribution in [0.4, 0.5) is 5.69 Å². The van der Waals surface area contributed by atoms with Crippen molar-refractivity contribution in [1.82, 2.24) is 4.98 Å². The first-order chi connectivity index (χ1) is 13.7. The number of carbonyl (C=O) groups excluding carboxylic acids is 1. The van der Waals surface area contributed by atoms with E-state index in [-0.39, 0.29) is 12.5 Å². The second-order valence-electron chi connectivity index (χ2n) is 6.40. The Bertz CT molecular complexity index is 1050. The van der Waals surface area contributed by atoms with Crippen molar-refractivity contribution in [2.75, 3.05) is 11.9 Å². The predicted octanol–water partition coefficient (Wildman–Crippen LogP) is 5.54. The van der Waals surface area contributed by atoms with Crippen molar-refractivity contribution in [3.05, 3.63) is 78.4 Å². The summed E-state index contributed by atoms with van der Waals surface area (Å²) in [5.74, 6) is 0.505. The van der Waals surface area contributed by atoms with E-state index in [1.54, 1.807) is 11.3 Å². The number of ether oxygens (including phenoxy) is 1. The van der Waals surface area contributed by atoms with Gasteiger partial charge in [0.15, 0.2) is 6.61 Å². The van der Waals surface area contributed by atoms with Crippen LogP contribution in [0.1, 0.15) is 12.5 Å². The molecular weight excluding hydrogens is 368 g/mol. The largest absolute Gasteiger partial charge is 0.484 e. The van der Waals surface area contributed by atoms with E-state index >= 15 is 0 Å². The summed E-state index contributed by atoms with van der Waals surface area (Å²) in [5.41, 5.74) is 4.01. The quantitative estimate of drug-likeness (QED) is 0.472. The minimum Gasteiger partial charge on any atom is -0.484 e. The lowest BCUT2D eigenvalue weighted by molar-refractivity contribution is -0.118. The van der Waals surface area contributed by atoms with Gasteiger partial charge in [-0.05, 0) is 60.5 Å². The van der Waals surface area contributed by atoms with Gasteiger partial charge in [-0.15, -0.1) is 11.3 Å². The smallest absolute Gasteiger partial charge is 0.262 e. The van der Waals surface area contributed by atoms with Crippen LogP contribution in [0.2, 0.25) is 0 Å². The maximum absolute atomic E-state index is 12.1. The maximum Gasteiger partial charge on any atom is 0.262 e. The van der Waals surface area contributed by atoms with Gasteiger partial charge in [-0.3, -0.25) is 4.79 Å². The number of nitrogens with one attached hydrogen (secondary N) is 1. The van der Waals surface area contributed by atoms with Gasteiger partial charge in [0, 0.05) is 11.3 Å². The number of thiazole rings is 1. The van der Waals surface area contributed by atoms with Crippen molar-refractivity contribution in [2.45, 2.75) is 13.3 Å². The lowest BCUT2D eigenvalue weighted by Gasteiger charge is -2.08. The Hall–Kier alpha value is -3.18. The first-order valence-electron chi connectivity index (χ1n) is 9.19. The van der Waals surface area contributed by atoms with Crippen LogP contribution >= 0.6 is 11.3 Å². The number of anilines is 1. The van der Waals surface area contributed by atoms with E-state index in [4.69, 9.17) is 4.74 Å². The molecule has 3 aromatic carbocycles. The average Bonchev–Trinajstić information content (AvgIpc) is 3.17. The molecule has 5 heteroatoms. The van der Waals surface area contributed by atoms with Gasteiger partial charge in [0.05, 0.1) is 10.2 Å². The van der Waals surface area contributed by atoms with Crippen molar-refractivity contribution in [2.24, 2.45) is 0 Å². The Kier molecular flexibility index (Phi) is 5.35. The van der Waals surface area contributed by atoms with E-state index < -0.39 is 0 Å². The second-order valence-corrected chi connectivity index (χ2v) is 7.43. The van der Waals surface area contributed by atoms with Crippen LogP contribution in [-0.2, 0) is 11.2 Å². The maximum atomic E-state index is 12.1. The third-order valence-electron chi connectivity index (χ3n) is 4.41. The van der Waals surface area contributed by atoms with Crippen LogP contribution in [0, 0.1) is 0 Å². The third-order valence-corrected chi connectivity index (χ3v) is 5.50. The number of carbonyl (C=O) groups is 1. The number of rotatable bonds is 6. The summed E-state index contributed by atoms with van der Waals surface area (Å²) in [6, 6.07) is 23.6. The standard InChI is InChI=1S/C23H20N2O2S/c1-2-16-7-13-19(14-8-16)27-15-22(26)24-18-11-9-17(10-12-18)23-25-20-5-3-4-6-21(20)28-23/h3-14H,2,15H2,1H3,(H,24,26). The number of aryl methyl sites for hydroxylation is 1. The summed E-state index contributed by atoms with van der Waals surface area (Å²) in [6.07, 6.45) is 0.980. The lowest BCUT2D eigenvalue weighted by Crippen LogP contribution is -2.20. The highest BCUT2D eigenvalue weighted by Gasteiger charge is 2.07. The summed E-state index contributed by atoms with van der Waals surface area (Å²) < 4.78 is 6.71. The minimum atomic E-state index is -0.188. The molecule has 1 heterocycles. The molecule has 0 aliphatic heterocycles. The van der Waals surface area contributed by atoms with E-state index in [9.17, 15) is 4.79 Å². The highest BCUT2D eigenvalue weighted by Crippen LogP contribution is 2.30. The van der Waals surface area contributed by atoms with Gasteiger partial charge in [-0.25, -0.2) is 4.98 Å². The van der Waals surface area contributed by atoms with Crippen LogP contribution in [0.15, 0.2) is 72.8 Å². The fraction of sp³-hybridized carbons (Fsp3) is 0.130. The average molecular weight is 388 g/mol. The van der Waals surface area contributed by atoms with Crippen LogP contribution in [0.3, 0.4) is 0 Å². The Morgan fingerprint density at radius 3 is 2.46 bits per heavy atom. The van der Waals surface area contributed by atoms with Crippen molar-refractivity contribution in [3.8, 4) is 16.3 Å². The number of hydrogen-bond donors (Lipinski definition) is 1. The van der Waals surface area contributed by atoms with Gasteiger partial charge in [0.1, 0.15) is 10.8 Å². The molecular formula is C23H20N2O2S. The van der Waals surface area contributed by atoms with Crippen LogP contribution in [0.5, 0.6) is 5.75 Å². The topological polar surface area (TPSA) is 51.2 Å². The Morgan fingerprint density at radius 2 is 1.75 bits per heavy atom. The Labute approximate surface area is 167 Å². The van der Waals surface area contributed by atoms with E-state index in [1.807, 2.05) is 66.7 Å². The van der Waals surface area contributed by atoms with Gasteiger partial charge >= 0.3 is 0 Å².